The molecule has 3 rings (SSSR count). The van der Waals surface area contributed by atoms with Crippen LogP contribution >= 0.6 is 0 Å². The van der Waals surface area contributed by atoms with Crippen molar-refractivity contribution in [3.05, 3.63) is 59.7 Å². The molecule has 0 spiro atoms. The van der Waals surface area contributed by atoms with Gasteiger partial charge in [0.2, 0.25) is 11.8 Å². The maximum Gasteiger partial charge on any atom is 0.407 e. The Labute approximate surface area is 191 Å². The summed E-state index contributed by atoms with van der Waals surface area (Å²) in [5.41, 5.74) is 4.49. The number of hydrogen-bond donors (Lipinski definition) is 4. The van der Waals surface area contributed by atoms with Gasteiger partial charge in [-0.15, -0.1) is 0 Å². The number of nitrogens with one attached hydrogen (secondary N) is 3. The highest BCUT2D eigenvalue weighted by Gasteiger charge is 2.29. The molecule has 2 aromatic carbocycles. The fraction of sp³-hybridized carbons (Fsp3) is 0.333. The highest BCUT2D eigenvalue weighted by molar-refractivity contribution is 5.87. The molecule has 9 heteroatoms. The van der Waals surface area contributed by atoms with Crippen LogP contribution in [0.1, 0.15) is 36.8 Å². The first-order valence-electron chi connectivity index (χ1n) is 10.8. The molecule has 0 bridgehead atoms. The van der Waals surface area contributed by atoms with Crippen molar-refractivity contribution < 1.29 is 29.0 Å². The minimum atomic E-state index is -1.17. The van der Waals surface area contributed by atoms with E-state index in [1.54, 1.807) is 0 Å². The molecule has 1 aliphatic rings. The second-order valence-corrected chi connectivity index (χ2v) is 7.73. The first-order valence-corrected chi connectivity index (χ1v) is 10.8. The van der Waals surface area contributed by atoms with Crippen LogP contribution < -0.4 is 16.0 Å². The number of amides is 3. The number of aliphatic carboxylic acids is 1. The van der Waals surface area contributed by atoms with Crippen LogP contribution in [-0.2, 0) is 19.1 Å². The lowest BCUT2D eigenvalue weighted by Crippen LogP contribution is -2.42. The van der Waals surface area contributed by atoms with E-state index in [1.165, 1.54) is 0 Å². The fourth-order valence-corrected chi connectivity index (χ4v) is 3.82. The molecule has 33 heavy (non-hydrogen) atoms. The number of alkyl carbamates (subject to hydrolysis) is 1. The Balaban J connectivity index is 1.48. The summed E-state index contributed by atoms with van der Waals surface area (Å²) in [7, 11) is 0. The lowest BCUT2D eigenvalue weighted by molar-refractivity contribution is -0.137. The molecule has 3 amide bonds. The van der Waals surface area contributed by atoms with E-state index in [0.717, 1.165) is 22.3 Å². The molecule has 0 saturated heterocycles. The highest BCUT2D eigenvalue weighted by Crippen LogP contribution is 2.44. The molecule has 4 N–H and O–H groups in total. The molecule has 0 aliphatic heterocycles. The van der Waals surface area contributed by atoms with Gasteiger partial charge in [-0.1, -0.05) is 55.5 Å². The molecule has 2 aromatic rings. The van der Waals surface area contributed by atoms with Crippen LogP contribution in [0.3, 0.4) is 0 Å². The quantitative estimate of drug-likeness (QED) is 0.435. The molecular weight excluding hydrogens is 426 g/mol. The Bertz CT molecular complexity index is 993. The average Bonchev–Trinajstić information content (AvgIpc) is 3.13. The molecule has 0 heterocycles. The van der Waals surface area contributed by atoms with Gasteiger partial charge in [-0.05, 0) is 28.7 Å². The number of carbonyl (C=O) groups excluding carboxylic acids is 3. The third kappa shape index (κ3) is 6.31. The van der Waals surface area contributed by atoms with Gasteiger partial charge in [-0.25, -0.2) is 4.79 Å². The van der Waals surface area contributed by atoms with Crippen molar-refractivity contribution in [3.63, 3.8) is 0 Å². The zero-order valence-electron chi connectivity index (χ0n) is 18.3. The number of carbonyl (C=O) groups is 4. The van der Waals surface area contributed by atoms with Gasteiger partial charge < -0.3 is 25.8 Å². The lowest BCUT2D eigenvalue weighted by atomic mass is 9.98. The molecule has 0 fully saturated rings. The van der Waals surface area contributed by atoms with E-state index < -0.39 is 36.5 Å². The van der Waals surface area contributed by atoms with Crippen molar-refractivity contribution in [2.75, 3.05) is 19.7 Å². The molecule has 0 saturated carbocycles. The van der Waals surface area contributed by atoms with Crippen molar-refractivity contribution in [1.29, 1.82) is 0 Å². The number of fused-ring (bicyclic) bond motifs is 3. The number of hydrogen-bond acceptors (Lipinski definition) is 5. The monoisotopic (exact) mass is 453 g/mol. The van der Waals surface area contributed by atoms with Crippen LogP contribution in [-0.4, -0.2) is 54.7 Å². The Morgan fingerprint density at radius 3 is 2.06 bits per heavy atom. The summed E-state index contributed by atoms with van der Waals surface area (Å²) in [6.45, 7) is 1.14. The van der Waals surface area contributed by atoms with Crippen molar-refractivity contribution in [2.24, 2.45) is 0 Å². The summed E-state index contributed by atoms with van der Waals surface area (Å²) in [6.07, 6.45) is -0.161. The summed E-state index contributed by atoms with van der Waals surface area (Å²) in [5.74, 6) is -2.28. The molecule has 0 unspecified atom stereocenters. The molecule has 1 atom stereocenters. The number of carboxylic acid groups (broad SMARTS) is 1. The first kappa shape index (κ1) is 23.8. The van der Waals surface area contributed by atoms with Crippen molar-refractivity contribution in [3.8, 4) is 11.1 Å². The molecule has 0 aromatic heterocycles. The Hall–Kier alpha value is -3.88. The van der Waals surface area contributed by atoms with Gasteiger partial charge in [0.1, 0.15) is 13.2 Å². The summed E-state index contributed by atoms with van der Waals surface area (Å²) in [4.78, 5) is 46.4. The number of rotatable bonds is 10. The van der Waals surface area contributed by atoms with E-state index in [9.17, 15) is 19.2 Å². The lowest BCUT2D eigenvalue weighted by Gasteiger charge is -2.18. The minimum Gasteiger partial charge on any atom is -0.480 e. The van der Waals surface area contributed by atoms with E-state index in [-0.39, 0.29) is 25.5 Å². The van der Waals surface area contributed by atoms with E-state index in [4.69, 9.17) is 9.84 Å². The zero-order valence-corrected chi connectivity index (χ0v) is 18.3. The van der Waals surface area contributed by atoms with Crippen LogP contribution in [0, 0.1) is 0 Å². The van der Waals surface area contributed by atoms with E-state index in [0.29, 0.717) is 6.42 Å². The van der Waals surface area contributed by atoms with Gasteiger partial charge >= 0.3 is 12.1 Å². The number of benzene rings is 2. The molecule has 1 aliphatic carbocycles. The summed E-state index contributed by atoms with van der Waals surface area (Å²) < 4.78 is 5.50. The first-order chi connectivity index (χ1) is 15.9. The average molecular weight is 453 g/mol. The van der Waals surface area contributed by atoms with Crippen LogP contribution in [0.4, 0.5) is 4.79 Å². The topological polar surface area (TPSA) is 134 Å². The predicted molar refractivity (Wildman–Crippen MR) is 121 cm³/mol. The molecule has 0 radical (unpaired) electrons. The van der Waals surface area contributed by atoms with Crippen molar-refractivity contribution in [1.82, 2.24) is 16.0 Å². The minimum absolute atomic E-state index is 0.0348. The Morgan fingerprint density at radius 2 is 1.48 bits per heavy atom. The van der Waals surface area contributed by atoms with Crippen LogP contribution in [0.15, 0.2) is 48.5 Å². The van der Waals surface area contributed by atoms with Gasteiger partial charge in [0.15, 0.2) is 0 Å². The normalized spacial score (nSPS) is 12.8. The standard InChI is InChI=1S/C24H27N3O6/c1-2-15(11-21(28)25-12-22(29)26-13-23(30)31)27-24(32)33-14-20-18-9-5-3-7-16(18)17-8-4-6-10-19(17)20/h3-10,15,20H,2,11-14H2,1H3,(H,25,28)(H,26,29)(H,27,32)(H,30,31)/t15-/m1/s1. The second-order valence-electron chi connectivity index (χ2n) is 7.73. The van der Waals surface area contributed by atoms with Gasteiger partial charge in [-0.3, -0.25) is 14.4 Å². The van der Waals surface area contributed by atoms with Crippen LogP contribution in [0.25, 0.3) is 11.1 Å². The molecule has 174 valence electrons. The highest BCUT2D eigenvalue weighted by atomic mass is 16.5. The Morgan fingerprint density at radius 1 is 0.909 bits per heavy atom. The fourth-order valence-electron chi connectivity index (χ4n) is 3.82. The van der Waals surface area contributed by atoms with Gasteiger partial charge in [0, 0.05) is 18.4 Å². The summed E-state index contributed by atoms with van der Waals surface area (Å²) in [6, 6.07) is 15.6. The van der Waals surface area contributed by atoms with Gasteiger partial charge in [-0.2, -0.15) is 0 Å². The van der Waals surface area contributed by atoms with Crippen LogP contribution in [0.2, 0.25) is 0 Å². The summed E-state index contributed by atoms with van der Waals surface area (Å²) in [5, 5.41) is 15.8. The second kappa shape index (κ2) is 11.1. The van der Waals surface area contributed by atoms with E-state index in [2.05, 4.69) is 28.1 Å². The van der Waals surface area contributed by atoms with E-state index >= 15 is 0 Å². The third-order valence-electron chi connectivity index (χ3n) is 5.47. The zero-order chi connectivity index (χ0) is 23.8. The van der Waals surface area contributed by atoms with E-state index in [1.807, 2.05) is 43.3 Å². The van der Waals surface area contributed by atoms with Crippen molar-refractivity contribution >= 4 is 23.9 Å². The van der Waals surface area contributed by atoms with Crippen LogP contribution in [0.5, 0.6) is 0 Å². The largest absolute Gasteiger partial charge is 0.480 e. The maximum absolute atomic E-state index is 12.4. The predicted octanol–water partition coefficient (Wildman–Crippen LogP) is 2.01. The number of carboxylic acids is 1. The van der Waals surface area contributed by atoms with Gasteiger partial charge in [0.25, 0.3) is 0 Å². The SMILES string of the molecule is CC[C@H](CC(=O)NCC(=O)NCC(=O)O)NC(=O)OCC1c2ccccc2-c2ccccc21. The molecule has 9 nitrogen and oxygen atoms in total. The maximum atomic E-state index is 12.4. The van der Waals surface area contributed by atoms with Gasteiger partial charge in [0.05, 0.1) is 6.54 Å². The third-order valence-corrected chi connectivity index (χ3v) is 5.47. The Kier molecular flexibility index (Phi) is 8.01. The van der Waals surface area contributed by atoms with Crippen molar-refractivity contribution in [2.45, 2.75) is 31.7 Å². The smallest absolute Gasteiger partial charge is 0.407 e. The number of ether oxygens (including phenoxy) is 1. The molecular formula is C24H27N3O6. The summed E-state index contributed by atoms with van der Waals surface area (Å²) >= 11 is 0.